The minimum Gasteiger partial charge on any atom is -0.343 e. The fourth-order valence-electron chi connectivity index (χ4n) is 5.36. The van der Waals surface area contributed by atoms with Crippen molar-refractivity contribution in [1.29, 1.82) is 0 Å². The number of hydrogen-bond acceptors (Lipinski definition) is 2. The molecule has 3 aliphatic rings. The molecule has 2 heterocycles. The normalized spacial score (nSPS) is 24.2. The number of halogens is 4. The molecule has 5 rings (SSSR count). The highest BCUT2D eigenvalue weighted by atomic mass is 35.5. The van der Waals surface area contributed by atoms with Crippen molar-refractivity contribution in [2.75, 3.05) is 13.1 Å². The zero-order valence-electron chi connectivity index (χ0n) is 17.7. The number of benzene rings is 2. The van der Waals surface area contributed by atoms with Crippen LogP contribution in [0.4, 0.5) is 13.2 Å². The van der Waals surface area contributed by atoms with Gasteiger partial charge in [-0.15, -0.1) is 6.58 Å². The number of carbonyl (C=O) groups excluding carboxylic acids is 1. The summed E-state index contributed by atoms with van der Waals surface area (Å²) in [6.45, 7) is 5.52. The summed E-state index contributed by atoms with van der Waals surface area (Å²) in [5.41, 5.74) is -0.571. The molecule has 2 bridgehead atoms. The topological polar surface area (TPSA) is 32.3 Å². The fourth-order valence-corrected chi connectivity index (χ4v) is 5.68. The third-order valence-corrected chi connectivity index (χ3v) is 7.33. The van der Waals surface area contributed by atoms with Crippen LogP contribution in [0.3, 0.4) is 0 Å². The number of rotatable bonds is 6. The number of alkyl halides is 3. The maximum atomic E-state index is 13.3. The third kappa shape index (κ3) is 4.18. The number of nitrogens with zero attached hydrogens (tertiary/aromatic N) is 1. The molecular formula is C25H26ClF3N2O. The van der Waals surface area contributed by atoms with Gasteiger partial charge in [0.25, 0.3) is 5.91 Å². The SMILES string of the molecule is C=CCN1CC2CCC1(C(NC(=O)c1cccc(C(F)(F)F)c1Cl)c1ccccc1)CC2. The van der Waals surface area contributed by atoms with Gasteiger partial charge in [-0.05, 0) is 49.3 Å². The number of fused-ring (bicyclic) bond motifs is 3. The zero-order valence-corrected chi connectivity index (χ0v) is 18.4. The minimum atomic E-state index is -4.63. The molecule has 170 valence electrons. The lowest BCUT2D eigenvalue weighted by molar-refractivity contribution is -0.137. The lowest BCUT2D eigenvalue weighted by atomic mass is 9.65. The predicted octanol–water partition coefficient (Wildman–Crippen LogP) is 6.26. The van der Waals surface area contributed by atoms with Gasteiger partial charge in [0.2, 0.25) is 0 Å². The van der Waals surface area contributed by atoms with E-state index in [2.05, 4.69) is 16.8 Å². The van der Waals surface area contributed by atoms with Gasteiger partial charge in [0.05, 0.1) is 22.2 Å². The molecule has 1 amide bonds. The summed E-state index contributed by atoms with van der Waals surface area (Å²) in [6.07, 6.45) is 1.18. The van der Waals surface area contributed by atoms with Crippen LogP contribution in [0.1, 0.15) is 53.2 Å². The van der Waals surface area contributed by atoms with E-state index in [1.54, 1.807) is 0 Å². The van der Waals surface area contributed by atoms with Gasteiger partial charge >= 0.3 is 6.18 Å². The van der Waals surface area contributed by atoms with Gasteiger partial charge in [0.1, 0.15) is 0 Å². The van der Waals surface area contributed by atoms with Crippen molar-refractivity contribution in [3.8, 4) is 0 Å². The van der Waals surface area contributed by atoms with Crippen LogP contribution in [-0.2, 0) is 6.18 Å². The molecule has 2 aromatic carbocycles. The number of amides is 1. The van der Waals surface area contributed by atoms with E-state index in [4.69, 9.17) is 11.6 Å². The van der Waals surface area contributed by atoms with Gasteiger partial charge in [0, 0.05) is 18.6 Å². The van der Waals surface area contributed by atoms with E-state index in [1.165, 1.54) is 12.1 Å². The average Bonchev–Trinajstić information content (AvgIpc) is 2.78. The summed E-state index contributed by atoms with van der Waals surface area (Å²) in [4.78, 5) is 15.7. The summed E-state index contributed by atoms with van der Waals surface area (Å²) >= 11 is 6.05. The van der Waals surface area contributed by atoms with E-state index >= 15 is 0 Å². The Morgan fingerprint density at radius 3 is 2.50 bits per heavy atom. The molecule has 3 fully saturated rings. The largest absolute Gasteiger partial charge is 0.417 e. The van der Waals surface area contributed by atoms with Crippen LogP contribution in [0.25, 0.3) is 0 Å². The van der Waals surface area contributed by atoms with Crippen LogP contribution in [-0.4, -0.2) is 29.4 Å². The number of piperidine rings is 2. The molecule has 2 aliphatic heterocycles. The molecule has 1 unspecified atom stereocenters. The molecule has 0 radical (unpaired) electrons. The molecule has 7 heteroatoms. The lowest BCUT2D eigenvalue weighted by Gasteiger charge is -2.58. The van der Waals surface area contributed by atoms with Gasteiger partial charge in [0.15, 0.2) is 0 Å². The smallest absolute Gasteiger partial charge is 0.343 e. The van der Waals surface area contributed by atoms with Crippen molar-refractivity contribution >= 4 is 17.5 Å². The third-order valence-electron chi connectivity index (χ3n) is 6.92. The van der Waals surface area contributed by atoms with Crippen molar-refractivity contribution in [3.05, 3.63) is 82.9 Å². The second kappa shape index (κ2) is 8.91. The van der Waals surface area contributed by atoms with Crippen molar-refractivity contribution < 1.29 is 18.0 Å². The molecular weight excluding hydrogens is 437 g/mol. The quantitative estimate of drug-likeness (QED) is 0.514. The first-order valence-corrected chi connectivity index (χ1v) is 11.2. The monoisotopic (exact) mass is 462 g/mol. The maximum Gasteiger partial charge on any atom is 0.417 e. The molecule has 32 heavy (non-hydrogen) atoms. The van der Waals surface area contributed by atoms with Gasteiger partial charge in [-0.3, -0.25) is 9.69 Å². The van der Waals surface area contributed by atoms with E-state index in [0.29, 0.717) is 12.5 Å². The first kappa shape index (κ1) is 22.9. The van der Waals surface area contributed by atoms with Crippen molar-refractivity contribution in [1.82, 2.24) is 10.2 Å². The van der Waals surface area contributed by atoms with E-state index < -0.39 is 22.7 Å². The summed E-state index contributed by atoms with van der Waals surface area (Å²) in [5, 5.41) is 2.50. The van der Waals surface area contributed by atoms with Gasteiger partial charge in [-0.1, -0.05) is 54.1 Å². The summed E-state index contributed by atoms with van der Waals surface area (Å²) < 4.78 is 40.0. The zero-order chi connectivity index (χ0) is 22.9. The molecule has 2 aromatic rings. The number of nitrogens with one attached hydrogen (secondary N) is 1. The number of hydrogen-bond donors (Lipinski definition) is 1. The van der Waals surface area contributed by atoms with Crippen molar-refractivity contribution in [2.45, 2.75) is 43.4 Å². The number of carbonyl (C=O) groups is 1. The fraction of sp³-hybridized carbons (Fsp3) is 0.400. The highest BCUT2D eigenvalue weighted by Gasteiger charge is 2.51. The Morgan fingerprint density at radius 2 is 1.88 bits per heavy atom. The lowest BCUT2D eigenvalue weighted by Crippen LogP contribution is -2.64. The van der Waals surface area contributed by atoms with Crippen LogP contribution in [0.15, 0.2) is 61.2 Å². The molecule has 1 N–H and O–H groups in total. The standard InChI is InChI=1S/C25H26ClF3N2O/c1-2-15-31-16-17-11-13-24(31,14-12-17)22(18-7-4-3-5-8-18)30-23(32)19-9-6-10-20(21(19)26)25(27,28)29/h2-10,17,22H,1,11-16H2,(H,30,32). The average molecular weight is 463 g/mol. The van der Waals surface area contributed by atoms with Gasteiger partial charge in [-0.2, -0.15) is 13.2 Å². The second-order valence-electron chi connectivity index (χ2n) is 8.72. The van der Waals surface area contributed by atoms with Gasteiger partial charge in [-0.25, -0.2) is 0 Å². The summed E-state index contributed by atoms with van der Waals surface area (Å²) in [6, 6.07) is 12.7. The van der Waals surface area contributed by atoms with Crippen LogP contribution in [0, 0.1) is 5.92 Å². The predicted molar refractivity (Wildman–Crippen MR) is 120 cm³/mol. The molecule has 0 spiro atoms. The van der Waals surface area contributed by atoms with Crippen LogP contribution in [0.5, 0.6) is 0 Å². The minimum absolute atomic E-state index is 0.168. The highest BCUT2D eigenvalue weighted by Crippen LogP contribution is 2.49. The highest BCUT2D eigenvalue weighted by molar-refractivity contribution is 6.34. The van der Waals surface area contributed by atoms with E-state index in [0.717, 1.165) is 43.9 Å². The summed E-state index contributed by atoms with van der Waals surface area (Å²) in [7, 11) is 0. The Hall–Kier alpha value is -2.31. The Kier molecular flexibility index (Phi) is 6.37. The van der Waals surface area contributed by atoms with Crippen LogP contribution in [0.2, 0.25) is 5.02 Å². The summed E-state index contributed by atoms with van der Waals surface area (Å²) in [5.74, 6) is 0.0254. The Morgan fingerprint density at radius 1 is 1.19 bits per heavy atom. The van der Waals surface area contributed by atoms with E-state index in [9.17, 15) is 18.0 Å². The second-order valence-corrected chi connectivity index (χ2v) is 9.10. The maximum absolute atomic E-state index is 13.3. The Bertz CT molecular complexity index is 984. The molecule has 3 nitrogen and oxygen atoms in total. The molecule has 0 aromatic heterocycles. The van der Waals surface area contributed by atoms with Crippen LogP contribution >= 0.6 is 11.6 Å². The van der Waals surface area contributed by atoms with Gasteiger partial charge < -0.3 is 5.32 Å². The molecule has 1 saturated carbocycles. The molecule has 1 atom stereocenters. The van der Waals surface area contributed by atoms with Crippen molar-refractivity contribution in [3.63, 3.8) is 0 Å². The van der Waals surface area contributed by atoms with Crippen molar-refractivity contribution in [2.24, 2.45) is 5.92 Å². The molecule has 2 saturated heterocycles. The van der Waals surface area contributed by atoms with E-state index in [1.807, 2.05) is 36.4 Å². The Balaban J connectivity index is 1.73. The first-order chi connectivity index (χ1) is 15.3. The Labute approximate surface area is 191 Å². The molecule has 1 aliphatic carbocycles. The van der Waals surface area contributed by atoms with Crippen LogP contribution < -0.4 is 5.32 Å². The van der Waals surface area contributed by atoms with E-state index in [-0.39, 0.29) is 17.1 Å². The first-order valence-electron chi connectivity index (χ1n) is 10.8.